The number of benzene rings is 2. The topological polar surface area (TPSA) is 96.4 Å². The highest BCUT2D eigenvalue weighted by Gasteiger charge is 2.11. The SMILES string of the molecule is COc1cc2ncnc(Nc3ccc(F)c(Cl)c3)c2cc1CCCCCCCCC(=O)NO. The van der Waals surface area contributed by atoms with Crippen molar-refractivity contribution in [3.63, 3.8) is 0 Å². The van der Waals surface area contributed by atoms with Crippen LogP contribution in [0.4, 0.5) is 15.9 Å². The number of carbonyl (C=O) groups excluding carboxylic acids is 1. The molecule has 176 valence electrons. The zero-order valence-corrected chi connectivity index (χ0v) is 19.3. The molecular formula is C24H28ClFN4O3. The molecule has 0 saturated heterocycles. The molecule has 0 radical (unpaired) electrons. The number of aromatic nitrogens is 2. The van der Waals surface area contributed by atoms with Crippen LogP contribution >= 0.6 is 11.6 Å². The summed E-state index contributed by atoms with van der Waals surface area (Å²) in [6.07, 6.45) is 8.62. The van der Waals surface area contributed by atoms with Crippen LogP contribution in [0.3, 0.4) is 0 Å². The third-order valence-corrected chi connectivity index (χ3v) is 5.73. The smallest absolute Gasteiger partial charge is 0.243 e. The van der Waals surface area contributed by atoms with Gasteiger partial charge in [-0.1, -0.05) is 37.3 Å². The monoisotopic (exact) mass is 474 g/mol. The first-order chi connectivity index (χ1) is 16.0. The van der Waals surface area contributed by atoms with Gasteiger partial charge in [0.2, 0.25) is 5.91 Å². The molecule has 0 aliphatic carbocycles. The lowest BCUT2D eigenvalue weighted by Gasteiger charge is -2.13. The molecule has 1 amide bonds. The van der Waals surface area contributed by atoms with Gasteiger partial charge in [-0.05, 0) is 49.1 Å². The minimum Gasteiger partial charge on any atom is -0.496 e. The summed E-state index contributed by atoms with van der Waals surface area (Å²) in [4.78, 5) is 19.7. The van der Waals surface area contributed by atoms with Crippen LogP contribution in [-0.4, -0.2) is 28.2 Å². The minimum atomic E-state index is -0.475. The second kappa shape index (κ2) is 12.3. The average molecular weight is 475 g/mol. The molecule has 0 spiro atoms. The summed E-state index contributed by atoms with van der Waals surface area (Å²) in [5, 5.41) is 12.6. The molecular weight excluding hydrogens is 447 g/mol. The first-order valence-corrected chi connectivity index (χ1v) is 11.4. The lowest BCUT2D eigenvalue weighted by atomic mass is 10.0. The van der Waals surface area contributed by atoms with Crippen LogP contribution in [0.5, 0.6) is 5.75 Å². The number of hydroxylamine groups is 1. The Kier molecular flexibility index (Phi) is 9.21. The van der Waals surface area contributed by atoms with E-state index in [0.29, 0.717) is 17.9 Å². The van der Waals surface area contributed by atoms with Crippen molar-refractivity contribution >= 4 is 39.9 Å². The summed E-state index contributed by atoms with van der Waals surface area (Å²) in [6, 6.07) is 8.38. The lowest BCUT2D eigenvalue weighted by Crippen LogP contribution is -2.17. The van der Waals surface area contributed by atoms with Gasteiger partial charge in [-0.3, -0.25) is 10.0 Å². The van der Waals surface area contributed by atoms with Crippen LogP contribution in [0, 0.1) is 5.82 Å². The average Bonchev–Trinajstić information content (AvgIpc) is 2.82. The molecule has 0 unspecified atom stereocenters. The number of hydrogen-bond acceptors (Lipinski definition) is 6. The van der Waals surface area contributed by atoms with Gasteiger partial charge in [0.1, 0.15) is 23.7 Å². The maximum atomic E-state index is 13.5. The molecule has 3 aromatic rings. The normalized spacial score (nSPS) is 10.9. The molecule has 0 atom stereocenters. The Morgan fingerprint density at radius 1 is 1.09 bits per heavy atom. The third kappa shape index (κ3) is 7.00. The molecule has 0 saturated carbocycles. The summed E-state index contributed by atoms with van der Waals surface area (Å²) < 4.78 is 19.1. The van der Waals surface area contributed by atoms with Gasteiger partial charge in [0.25, 0.3) is 0 Å². The largest absolute Gasteiger partial charge is 0.496 e. The van der Waals surface area contributed by atoms with Crippen molar-refractivity contribution in [3.8, 4) is 5.75 Å². The Labute approximate surface area is 197 Å². The van der Waals surface area contributed by atoms with Gasteiger partial charge in [0, 0.05) is 23.6 Å². The van der Waals surface area contributed by atoms with E-state index in [-0.39, 0.29) is 10.9 Å². The number of anilines is 2. The van der Waals surface area contributed by atoms with Crippen LogP contribution in [0.25, 0.3) is 10.9 Å². The molecule has 0 aliphatic heterocycles. The number of hydrogen-bond donors (Lipinski definition) is 3. The summed E-state index contributed by atoms with van der Waals surface area (Å²) in [7, 11) is 1.65. The van der Waals surface area contributed by atoms with E-state index in [2.05, 4.69) is 15.3 Å². The third-order valence-electron chi connectivity index (χ3n) is 5.44. The molecule has 33 heavy (non-hydrogen) atoms. The maximum absolute atomic E-state index is 13.5. The molecule has 2 aromatic carbocycles. The van der Waals surface area contributed by atoms with Gasteiger partial charge >= 0.3 is 0 Å². The summed E-state index contributed by atoms with van der Waals surface area (Å²) in [6.45, 7) is 0. The van der Waals surface area contributed by atoms with E-state index in [9.17, 15) is 9.18 Å². The number of amides is 1. The Balaban J connectivity index is 1.63. The van der Waals surface area contributed by atoms with Crippen LogP contribution in [0.2, 0.25) is 5.02 Å². The predicted molar refractivity (Wildman–Crippen MR) is 127 cm³/mol. The Morgan fingerprint density at radius 3 is 2.58 bits per heavy atom. The number of unbranched alkanes of at least 4 members (excludes halogenated alkanes) is 5. The zero-order valence-electron chi connectivity index (χ0n) is 18.5. The van der Waals surface area contributed by atoms with Gasteiger partial charge in [-0.25, -0.2) is 19.8 Å². The van der Waals surface area contributed by atoms with Crippen molar-refractivity contribution in [2.24, 2.45) is 0 Å². The number of aryl methyl sites for hydroxylation is 1. The highest BCUT2D eigenvalue weighted by molar-refractivity contribution is 6.31. The Bertz CT molecular complexity index is 1100. The number of nitrogens with zero attached hydrogens (tertiary/aromatic N) is 2. The van der Waals surface area contributed by atoms with Crippen LogP contribution in [0.15, 0.2) is 36.7 Å². The minimum absolute atomic E-state index is 0.0392. The Morgan fingerprint density at radius 2 is 1.85 bits per heavy atom. The standard InChI is InChI=1S/C24H28ClFN4O3/c1-33-22-14-21-18(12-16(22)8-6-4-2-3-5-7-9-23(31)30-32)24(28-15-27-21)29-17-10-11-20(26)19(25)13-17/h10-15,32H,2-9H2,1H3,(H,30,31)(H,27,28,29). The van der Waals surface area contributed by atoms with Gasteiger partial charge in [0.15, 0.2) is 0 Å². The van der Waals surface area contributed by atoms with E-state index < -0.39 is 5.82 Å². The van der Waals surface area contributed by atoms with Crippen LogP contribution < -0.4 is 15.5 Å². The van der Waals surface area contributed by atoms with Gasteiger partial charge in [-0.15, -0.1) is 0 Å². The van der Waals surface area contributed by atoms with Gasteiger partial charge in [0.05, 0.1) is 17.6 Å². The molecule has 9 heteroatoms. The molecule has 1 heterocycles. The van der Waals surface area contributed by atoms with E-state index in [1.54, 1.807) is 18.7 Å². The van der Waals surface area contributed by atoms with Crippen molar-refractivity contribution in [1.82, 2.24) is 15.4 Å². The van der Waals surface area contributed by atoms with Crippen LogP contribution in [0.1, 0.15) is 50.5 Å². The van der Waals surface area contributed by atoms with E-state index in [4.69, 9.17) is 21.5 Å². The molecule has 0 aliphatic rings. The fourth-order valence-corrected chi connectivity index (χ4v) is 3.87. The highest BCUT2D eigenvalue weighted by Crippen LogP contribution is 2.31. The number of methoxy groups -OCH3 is 1. The van der Waals surface area contributed by atoms with Crippen molar-refractivity contribution < 1.29 is 19.1 Å². The first kappa shape index (κ1) is 24.7. The van der Waals surface area contributed by atoms with Crippen molar-refractivity contribution in [2.45, 2.75) is 51.4 Å². The number of nitrogens with one attached hydrogen (secondary N) is 2. The number of fused-ring (bicyclic) bond motifs is 1. The zero-order chi connectivity index (χ0) is 23.6. The molecule has 0 fully saturated rings. The molecule has 0 bridgehead atoms. The van der Waals surface area contributed by atoms with Crippen LogP contribution in [-0.2, 0) is 11.2 Å². The Hall–Kier alpha value is -2.97. The second-order valence-corrected chi connectivity index (χ2v) is 8.22. The van der Waals surface area contributed by atoms with Crippen molar-refractivity contribution in [1.29, 1.82) is 0 Å². The summed E-state index contributed by atoms with van der Waals surface area (Å²) in [5.74, 6) is 0.585. The van der Waals surface area contributed by atoms with Gasteiger partial charge < -0.3 is 10.1 Å². The number of ether oxygens (including phenoxy) is 1. The molecule has 3 N–H and O–H groups in total. The molecule has 1 aromatic heterocycles. The quantitative estimate of drug-likeness (QED) is 0.170. The lowest BCUT2D eigenvalue weighted by molar-refractivity contribution is -0.129. The number of rotatable bonds is 12. The first-order valence-electron chi connectivity index (χ1n) is 11.0. The number of halogens is 2. The number of carbonyl (C=O) groups is 1. The predicted octanol–water partition coefficient (Wildman–Crippen LogP) is 5.95. The summed E-state index contributed by atoms with van der Waals surface area (Å²) >= 11 is 5.90. The van der Waals surface area contributed by atoms with E-state index >= 15 is 0 Å². The molecule has 3 rings (SSSR count). The highest BCUT2D eigenvalue weighted by atomic mass is 35.5. The summed E-state index contributed by atoms with van der Waals surface area (Å²) in [5.41, 5.74) is 4.10. The van der Waals surface area contributed by atoms with Crippen molar-refractivity contribution in [2.75, 3.05) is 12.4 Å². The fraction of sp³-hybridized carbons (Fsp3) is 0.375. The fourth-order valence-electron chi connectivity index (χ4n) is 3.69. The van der Waals surface area contributed by atoms with Gasteiger partial charge in [-0.2, -0.15) is 0 Å². The van der Waals surface area contributed by atoms with E-state index in [0.717, 1.165) is 67.2 Å². The maximum Gasteiger partial charge on any atom is 0.243 e. The van der Waals surface area contributed by atoms with E-state index in [1.807, 2.05) is 12.1 Å². The van der Waals surface area contributed by atoms with Crippen molar-refractivity contribution in [3.05, 3.63) is 53.1 Å². The van der Waals surface area contributed by atoms with E-state index in [1.165, 1.54) is 18.5 Å². The second-order valence-electron chi connectivity index (χ2n) is 7.81. The molecule has 7 nitrogen and oxygen atoms in total.